The number of fused-ring (bicyclic) bond motifs is 1. The Morgan fingerprint density at radius 1 is 1.00 bits per heavy atom. The number of aromatic amines is 1. The number of aromatic nitrogens is 1. The second kappa shape index (κ2) is 5.28. The van der Waals surface area contributed by atoms with E-state index in [1.807, 2.05) is 6.92 Å². The molecule has 0 bridgehead atoms. The smallest absolute Gasteiger partial charge is 0.423 e. The first-order valence-corrected chi connectivity index (χ1v) is 8.18. The van der Waals surface area contributed by atoms with Gasteiger partial charge in [-0.1, -0.05) is 35.9 Å². The van der Waals surface area contributed by atoms with Gasteiger partial charge in [-0.05, 0) is 25.1 Å². The highest BCUT2D eigenvalue weighted by atomic mass is 32.2. The van der Waals surface area contributed by atoms with Crippen LogP contribution in [-0.2, 0) is 9.84 Å². The quantitative estimate of drug-likeness (QED) is 0.629. The van der Waals surface area contributed by atoms with Crippen LogP contribution in [0, 0.1) is 6.92 Å². The van der Waals surface area contributed by atoms with Crippen molar-refractivity contribution in [2.75, 3.05) is 0 Å². The van der Waals surface area contributed by atoms with Crippen LogP contribution < -0.4 is 5.46 Å². The summed E-state index contributed by atoms with van der Waals surface area (Å²) in [5.74, 6) is 0. The lowest BCUT2D eigenvalue weighted by molar-refractivity contribution is 0.425. The summed E-state index contributed by atoms with van der Waals surface area (Å²) < 4.78 is 25.6. The maximum absolute atomic E-state index is 12.8. The van der Waals surface area contributed by atoms with Gasteiger partial charge in [-0.15, -0.1) is 0 Å². The van der Waals surface area contributed by atoms with Crippen molar-refractivity contribution in [1.29, 1.82) is 0 Å². The predicted octanol–water partition coefficient (Wildman–Crippen LogP) is 0.989. The summed E-state index contributed by atoms with van der Waals surface area (Å²) in [6.07, 6.45) is 0. The van der Waals surface area contributed by atoms with Gasteiger partial charge in [-0.3, -0.25) is 0 Å². The normalized spacial score (nSPS) is 11.8. The predicted molar refractivity (Wildman–Crippen MR) is 84.8 cm³/mol. The van der Waals surface area contributed by atoms with E-state index >= 15 is 0 Å². The van der Waals surface area contributed by atoms with E-state index in [0.717, 1.165) is 5.56 Å². The van der Waals surface area contributed by atoms with Gasteiger partial charge in [0.05, 0.1) is 4.90 Å². The molecule has 3 rings (SSSR count). The number of benzene rings is 2. The van der Waals surface area contributed by atoms with E-state index in [9.17, 15) is 18.5 Å². The maximum atomic E-state index is 12.8. The molecule has 1 aromatic heterocycles. The molecule has 0 radical (unpaired) electrons. The van der Waals surface area contributed by atoms with Crippen molar-refractivity contribution < 1.29 is 18.5 Å². The maximum Gasteiger partial charge on any atom is 0.492 e. The molecule has 2 aromatic carbocycles. The van der Waals surface area contributed by atoms with Crippen LogP contribution in [0.1, 0.15) is 5.56 Å². The minimum absolute atomic E-state index is 0.0313. The molecule has 0 saturated heterocycles. The lowest BCUT2D eigenvalue weighted by Gasteiger charge is -2.06. The van der Waals surface area contributed by atoms with Crippen molar-refractivity contribution in [3.8, 4) is 0 Å². The molecule has 7 heteroatoms. The van der Waals surface area contributed by atoms with Crippen LogP contribution in [0.3, 0.4) is 0 Å². The molecule has 3 aromatic rings. The van der Waals surface area contributed by atoms with Crippen LogP contribution in [0.2, 0.25) is 0 Å². The lowest BCUT2D eigenvalue weighted by Crippen LogP contribution is -2.33. The molecule has 3 N–H and O–H groups in total. The van der Waals surface area contributed by atoms with Crippen LogP contribution in [-0.4, -0.2) is 30.6 Å². The summed E-state index contributed by atoms with van der Waals surface area (Å²) in [4.78, 5) is 2.89. The van der Waals surface area contributed by atoms with E-state index in [1.54, 1.807) is 36.4 Å². The van der Waals surface area contributed by atoms with Gasteiger partial charge in [0.25, 0.3) is 0 Å². The molecule has 0 saturated carbocycles. The van der Waals surface area contributed by atoms with Crippen LogP contribution >= 0.6 is 0 Å². The van der Waals surface area contributed by atoms with E-state index in [-0.39, 0.29) is 15.4 Å². The van der Waals surface area contributed by atoms with E-state index in [1.165, 1.54) is 12.1 Å². The molecule has 5 nitrogen and oxygen atoms in total. The summed E-state index contributed by atoms with van der Waals surface area (Å²) in [5.41, 5.74) is 1.45. The zero-order chi connectivity index (χ0) is 15.9. The van der Waals surface area contributed by atoms with Crippen molar-refractivity contribution in [3.05, 3.63) is 54.1 Å². The fourth-order valence-corrected chi connectivity index (χ4v) is 3.92. The molecule has 0 aliphatic carbocycles. The Bertz CT molecular complexity index is 930. The Morgan fingerprint density at radius 3 is 2.27 bits per heavy atom. The highest BCUT2D eigenvalue weighted by molar-refractivity contribution is 7.91. The van der Waals surface area contributed by atoms with Gasteiger partial charge in [0.1, 0.15) is 5.03 Å². The average molecular weight is 315 g/mol. The molecule has 0 unspecified atom stereocenters. The highest BCUT2D eigenvalue weighted by Gasteiger charge is 2.30. The summed E-state index contributed by atoms with van der Waals surface area (Å²) in [5, 5.41) is 19.5. The first-order chi connectivity index (χ1) is 10.4. The molecule has 0 spiro atoms. The third kappa shape index (κ3) is 2.33. The van der Waals surface area contributed by atoms with Crippen LogP contribution in [0.15, 0.2) is 58.5 Å². The van der Waals surface area contributed by atoms with Crippen LogP contribution in [0.5, 0.6) is 0 Å². The number of rotatable bonds is 3. The molecule has 22 heavy (non-hydrogen) atoms. The molecular formula is C15H14BNO4S. The van der Waals surface area contributed by atoms with Gasteiger partial charge in [-0.25, -0.2) is 8.42 Å². The largest absolute Gasteiger partial charge is 0.492 e. The molecule has 112 valence electrons. The molecule has 0 amide bonds. The summed E-state index contributed by atoms with van der Waals surface area (Å²) in [7, 11) is -5.75. The number of sulfone groups is 1. The standard InChI is InChI=1S/C15H14BNO4S/c1-10-6-8-11(9-7-10)22(20,21)15-14(16(18)19)12-4-2-3-5-13(12)17-15/h2-9,17-19H,1H3. The zero-order valence-corrected chi connectivity index (χ0v) is 12.6. The van der Waals surface area contributed by atoms with Gasteiger partial charge in [-0.2, -0.15) is 0 Å². The Labute approximate surface area is 128 Å². The minimum atomic E-state index is -3.87. The molecule has 0 aliphatic rings. The van der Waals surface area contributed by atoms with Crippen molar-refractivity contribution in [2.45, 2.75) is 16.8 Å². The number of nitrogens with one attached hydrogen (secondary N) is 1. The fraction of sp³-hybridized carbons (Fsp3) is 0.0667. The fourth-order valence-electron chi connectivity index (χ4n) is 2.44. The van der Waals surface area contributed by atoms with Gasteiger partial charge in [0, 0.05) is 16.4 Å². The zero-order valence-electron chi connectivity index (χ0n) is 11.8. The second-order valence-corrected chi connectivity index (χ2v) is 6.99. The average Bonchev–Trinajstić information content (AvgIpc) is 2.88. The first-order valence-electron chi connectivity index (χ1n) is 6.70. The van der Waals surface area contributed by atoms with Crippen molar-refractivity contribution in [2.24, 2.45) is 0 Å². The monoisotopic (exact) mass is 315 g/mol. The van der Waals surface area contributed by atoms with E-state index in [4.69, 9.17) is 0 Å². The second-order valence-electron chi connectivity index (χ2n) is 5.10. The van der Waals surface area contributed by atoms with Crippen molar-refractivity contribution >= 4 is 33.3 Å². The highest BCUT2D eigenvalue weighted by Crippen LogP contribution is 2.23. The van der Waals surface area contributed by atoms with E-state index < -0.39 is 17.0 Å². The SMILES string of the molecule is Cc1ccc(S(=O)(=O)c2[nH]c3ccccc3c2B(O)O)cc1. The Hall–Kier alpha value is -2.09. The van der Waals surface area contributed by atoms with Gasteiger partial charge in [0.2, 0.25) is 9.84 Å². The van der Waals surface area contributed by atoms with E-state index in [0.29, 0.717) is 10.9 Å². The third-order valence-corrected chi connectivity index (χ3v) is 5.32. The number of hydrogen-bond donors (Lipinski definition) is 3. The molecular weight excluding hydrogens is 301 g/mol. The van der Waals surface area contributed by atoms with Crippen molar-refractivity contribution in [3.63, 3.8) is 0 Å². The van der Waals surface area contributed by atoms with Crippen LogP contribution in [0.25, 0.3) is 10.9 Å². The number of para-hydroxylation sites is 1. The Morgan fingerprint density at radius 2 is 1.64 bits per heavy atom. The molecule has 0 atom stereocenters. The Kier molecular flexibility index (Phi) is 3.56. The molecule has 1 heterocycles. The number of H-pyrrole nitrogens is 1. The topological polar surface area (TPSA) is 90.4 Å². The van der Waals surface area contributed by atoms with Crippen molar-refractivity contribution in [1.82, 2.24) is 4.98 Å². The first kappa shape index (κ1) is 14.8. The minimum Gasteiger partial charge on any atom is -0.423 e. The third-order valence-electron chi connectivity index (χ3n) is 3.57. The molecule has 0 fully saturated rings. The van der Waals surface area contributed by atoms with Gasteiger partial charge < -0.3 is 15.0 Å². The lowest BCUT2D eigenvalue weighted by atomic mass is 9.80. The number of hydrogen-bond acceptors (Lipinski definition) is 4. The Balaban J connectivity index is 2.29. The van der Waals surface area contributed by atoms with Gasteiger partial charge in [0.15, 0.2) is 0 Å². The summed E-state index contributed by atoms with van der Waals surface area (Å²) in [6, 6.07) is 13.2. The summed E-state index contributed by atoms with van der Waals surface area (Å²) in [6.45, 7) is 1.86. The van der Waals surface area contributed by atoms with Crippen LogP contribution in [0.4, 0.5) is 0 Å². The summed E-state index contributed by atoms with van der Waals surface area (Å²) >= 11 is 0. The van der Waals surface area contributed by atoms with E-state index in [2.05, 4.69) is 4.98 Å². The number of aryl methyl sites for hydroxylation is 1. The van der Waals surface area contributed by atoms with Gasteiger partial charge >= 0.3 is 7.12 Å². The molecule has 0 aliphatic heterocycles.